The Morgan fingerprint density at radius 2 is 1.97 bits per heavy atom. The highest BCUT2D eigenvalue weighted by molar-refractivity contribution is 6.45. The Bertz CT molecular complexity index is 1360. The molecule has 1 amide bonds. The lowest BCUT2D eigenvalue weighted by atomic mass is 9.91. The maximum absolute atomic E-state index is 13.1. The molecular formula is C24H22N6O4. The van der Waals surface area contributed by atoms with Crippen LogP contribution in [0.1, 0.15) is 33.6 Å². The summed E-state index contributed by atoms with van der Waals surface area (Å²) >= 11 is 0. The number of H-pyrrole nitrogens is 1. The average molecular weight is 458 g/mol. The van der Waals surface area contributed by atoms with Crippen LogP contribution in [0.2, 0.25) is 0 Å². The number of benzene rings is 1. The number of ether oxygens (including phenoxy) is 1. The monoisotopic (exact) mass is 458 g/mol. The van der Waals surface area contributed by atoms with Gasteiger partial charge < -0.3 is 14.6 Å². The van der Waals surface area contributed by atoms with Crippen molar-refractivity contribution in [2.75, 3.05) is 20.2 Å². The second-order valence-corrected chi connectivity index (χ2v) is 8.18. The van der Waals surface area contributed by atoms with Crippen LogP contribution in [-0.4, -0.2) is 67.3 Å². The largest absolute Gasteiger partial charge is 0.494 e. The summed E-state index contributed by atoms with van der Waals surface area (Å²) in [6.07, 6.45) is 6.94. The molecule has 34 heavy (non-hydrogen) atoms. The Morgan fingerprint density at radius 1 is 1.18 bits per heavy atom. The first-order valence-corrected chi connectivity index (χ1v) is 10.9. The number of nitrogens with one attached hydrogen (secondary N) is 1. The van der Waals surface area contributed by atoms with Gasteiger partial charge >= 0.3 is 0 Å². The third-order valence-electron chi connectivity index (χ3n) is 6.07. The summed E-state index contributed by atoms with van der Waals surface area (Å²) in [7, 11) is 1.48. The molecule has 1 aliphatic rings. The molecule has 4 heterocycles. The lowest BCUT2D eigenvalue weighted by molar-refractivity contribution is -0.132. The third kappa shape index (κ3) is 3.83. The predicted octanol–water partition coefficient (Wildman–Crippen LogP) is 2.46. The molecule has 4 aromatic rings. The molecule has 172 valence electrons. The van der Waals surface area contributed by atoms with E-state index in [0.717, 1.165) is 0 Å². The zero-order valence-electron chi connectivity index (χ0n) is 18.5. The van der Waals surface area contributed by atoms with Gasteiger partial charge in [0.25, 0.3) is 11.7 Å². The summed E-state index contributed by atoms with van der Waals surface area (Å²) in [4.78, 5) is 51.1. The molecule has 10 nitrogen and oxygen atoms in total. The van der Waals surface area contributed by atoms with E-state index < -0.39 is 11.7 Å². The van der Waals surface area contributed by atoms with Crippen molar-refractivity contribution < 1.29 is 19.1 Å². The fourth-order valence-corrected chi connectivity index (χ4v) is 4.21. The first-order valence-electron chi connectivity index (χ1n) is 10.9. The van der Waals surface area contributed by atoms with E-state index >= 15 is 0 Å². The first-order chi connectivity index (χ1) is 16.6. The van der Waals surface area contributed by atoms with Crippen molar-refractivity contribution in [3.8, 4) is 11.6 Å². The van der Waals surface area contributed by atoms with E-state index in [-0.39, 0.29) is 17.3 Å². The number of ketones is 2. The highest BCUT2D eigenvalue weighted by atomic mass is 16.5. The quantitative estimate of drug-likeness (QED) is 0.318. The molecule has 0 atom stereocenters. The van der Waals surface area contributed by atoms with Gasteiger partial charge in [0.05, 0.1) is 29.8 Å². The molecule has 1 N–H and O–H groups in total. The van der Waals surface area contributed by atoms with Crippen LogP contribution in [0.5, 0.6) is 5.75 Å². The van der Waals surface area contributed by atoms with Crippen LogP contribution in [0.3, 0.4) is 0 Å². The number of pyridine rings is 1. The first kappa shape index (κ1) is 21.5. The number of Topliss-reactive ketones (excluding diaryl/α,β-unsaturated/α-hetero) is 2. The Hall–Kier alpha value is -4.34. The van der Waals surface area contributed by atoms with E-state index in [0.29, 0.717) is 54.0 Å². The zero-order valence-corrected chi connectivity index (χ0v) is 18.5. The fourth-order valence-electron chi connectivity index (χ4n) is 4.21. The minimum Gasteiger partial charge on any atom is -0.494 e. The summed E-state index contributed by atoms with van der Waals surface area (Å²) in [5.41, 5.74) is 1.42. The maximum Gasteiger partial charge on any atom is 0.295 e. The van der Waals surface area contributed by atoms with Gasteiger partial charge in [-0.15, -0.1) is 0 Å². The molecule has 5 rings (SSSR count). The molecule has 1 fully saturated rings. The van der Waals surface area contributed by atoms with Crippen LogP contribution in [0.4, 0.5) is 0 Å². The van der Waals surface area contributed by atoms with E-state index in [1.165, 1.54) is 41.7 Å². The smallest absolute Gasteiger partial charge is 0.295 e. The van der Waals surface area contributed by atoms with Crippen molar-refractivity contribution in [2.45, 2.75) is 12.8 Å². The number of carbonyl (C=O) groups excluding carboxylic acids is 3. The van der Waals surface area contributed by atoms with Crippen LogP contribution in [0.25, 0.3) is 16.7 Å². The number of hydrogen-bond donors (Lipinski definition) is 1. The molecule has 1 aromatic carbocycles. The number of nitrogens with zero attached hydrogens (tertiary/aromatic N) is 5. The summed E-state index contributed by atoms with van der Waals surface area (Å²) < 4.78 is 6.86. The van der Waals surface area contributed by atoms with E-state index in [9.17, 15) is 14.4 Å². The van der Waals surface area contributed by atoms with Crippen molar-refractivity contribution in [1.82, 2.24) is 29.6 Å². The molecule has 1 aliphatic heterocycles. The van der Waals surface area contributed by atoms with Crippen molar-refractivity contribution in [1.29, 1.82) is 0 Å². The van der Waals surface area contributed by atoms with Gasteiger partial charge in [-0.05, 0) is 12.3 Å². The van der Waals surface area contributed by atoms with Gasteiger partial charge in [-0.3, -0.25) is 14.4 Å². The molecule has 10 heteroatoms. The van der Waals surface area contributed by atoms with Crippen LogP contribution in [0, 0.1) is 5.92 Å². The van der Waals surface area contributed by atoms with Crippen LogP contribution >= 0.6 is 0 Å². The number of aromatic amines is 1. The van der Waals surface area contributed by atoms with Crippen LogP contribution in [0.15, 0.2) is 55.4 Å². The minimum atomic E-state index is -0.626. The second kappa shape index (κ2) is 8.89. The molecule has 0 saturated carbocycles. The molecule has 0 radical (unpaired) electrons. The zero-order chi connectivity index (χ0) is 23.7. The fraction of sp³-hybridized carbons (Fsp3) is 0.250. The second-order valence-electron chi connectivity index (χ2n) is 8.18. The van der Waals surface area contributed by atoms with Gasteiger partial charge in [-0.2, -0.15) is 5.10 Å². The van der Waals surface area contributed by atoms with Gasteiger partial charge in [0.15, 0.2) is 11.6 Å². The Morgan fingerprint density at radius 3 is 2.68 bits per heavy atom. The summed E-state index contributed by atoms with van der Waals surface area (Å²) in [6, 6.07) is 9.16. The Balaban J connectivity index is 1.27. The summed E-state index contributed by atoms with van der Waals surface area (Å²) in [6.45, 7) is 0.912. The highest BCUT2D eigenvalue weighted by Gasteiger charge is 2.35. The lowest BCUT2D eigenvalue weighted by Crippen LogP contribution is -2.52. The number of amides is 1. The van der Waals surface area contributed by atoms with Gasteiger partial charge in [0.1, 0.15) is 18.4 Å². The summed E-state index contributed by atoms with van der Waals surface area (Å²) in [5, 5.41) is 4.55. The number of methoxy groups -OCH3 is 1. The SMILES string of the molecule is COc1cnc(-n2cncn2)c2[nH]cc(C(=O)C(=O)N3CC(CCC(=O)c4ccccc4)C3)c12. The number of fused-ring (bicyclic) bond motifs is 1. The van der Waals surface area contributed by atoms with Gasteiger partial charge in [-0.25, -0.2) is 14.6 Å². The van der Waals surface area contributed by atoms with Gasteiger partial charge in [0, 0.05) is 31.3 Å². The molecular weight excluding hydrogens is 436 g/mol. The third-order valence-corrected chi connectivity index (χ3v) is 6.07. The minimum absolute atomic E-state index is 0.0872. The van der Waals surface area contributed by atoms with Crippen molar-refractivity contribution >= 4 is 28.4 Å². The molecule has 1 saturated heterocycles. The van der Waals surface area contributed by atoms with E-state index in [1.54, 1.807) is 12.1 Å². The Kier molecular flexibility index (Phi) is 5.62. The topological polar surface area (TPSA) is 123 Å². The normalized spacial score (nSPS) is 13.6. The molecule has 0 aliphatic carbocycles. The molecule has 0 unspecified atom stereocenters. The number of likely N-dealkylation sites (tertiary alicyclic amines) is 1. The lowest BCUT2D eigenvalue weighted by Gasteiger charge is -2.38. The predicted molar refractivity (Wildman–Crippen MR) is 122 cm³/mol. The number of hydrogen-bond acceptors (Lipinski definition) is 7. The number of carbonyl (C=O) groups is 3. The van der Waals surface area contributed by atoms with Gasteiger partial charge in [0.2, 0.25) is 0 Å². The van der Waals surface area contributed by atoms with E-state index in [1.807, 2.05) is 18.2 Å². The van der Waals surface area contributed by atoms with Crippen molar-refractivity contribution in [3.05, 3.63) is 66.5 Å². The van der Waals surface area contributed by atoms with Crippen molar-refractivity contribution in [2.24, 2.45) is 5.92 Å². The number of aromatic nitrogens is 5. The van der Waals surface area contributed by atoms with E-state index in [2.05, 4.69) is 20.1 Å². The standard InChI is InChI=1S/C24H22N6O4/c1-34-19-10-27-23(30-14-25-13-28-30)21-20(19)17(9-26-21)22(32)24(33)29-11-15(12-29)7-8-18(31)16-5-3-2-4-6-16/h2-6,9-10,13-15,26H,7-8,11-12H2,1H3. The van der Waals surface area contributed by atoms with Gasteiger partial charge in [-0.1, -0.05) is 30.3 Å². The average Bonchev–Trinajstić information content (AvgIpc) is 3.53. The number of rotatable bonds is 8. The van der Waals surface area contributed by atoms with Crippen LogP contribution < -0.4 is 4.74 Å². The highest BCUT2D eigenvalue weighted by Crippen LogP contribution is 2.32. The maximum atomic E-state index is 13.1. The summed E-state index contributed by atoms with van der Waals surface area (Å²) in [5.74, 6) is -0.106. The molecule has 0 bridgehead atoms. The van der Waals surface area contributed by atoms with Crippen LogP contribution in [-0.2, 0) is 4.79 Å². The van der Waals surface area contributed by atoms with Crippen molar-refractivity contribution in [3.63, 3.8) is 0 Å². The Labute approximate surface area is 194 Å². The van der Waals surface area contributed by atoms with E-state index in [4.69, 9.17) is 4.74 Å². The molecule has 3 aromatic heterocycles. The molecule has 0 spiro atoms.